The summed E-state index contributed by atoms with van der Waals surface area (Å²) in [5.74, 6) is -0.185. The Balaban J connectivity index is 1.84. The third-order valence-electron chi connectivity index (χ3n) is 5.61. The Labute approximate surface area is 191 Å². The average molecular weight is 451 g/mol. The van der Waals surface area contributed by atoms with Crippen LogP contribution in [-0.2, 0) is 23.0 Å². The van der Waals surface area contributed by atoms with Gasteiger partial charge in [-0.1, -0.05) is 55.5 Å². The highest BCUT2D eigenvalue weighted by Gasteiger charge is 2.21. The van der Waals surface area contributed by atoms with Gasteiger partial charge in [0.25, 0.3) is 5.91 Å². The van der Waals surface area contributed by atoms with E-state index in [0.29, 0.717) is 11.3 Å². The van der Waals surface area contributed by atoms with E-state index in [4.69, 9.17) is 0 Å². The first-order valence-electron chi connectivity index (χ1n) is 10.6. The summed E-state index contributed by atoms with van der Waals surface area (Å²) in [5, 5.41) is 3.03. The first-order valence-corrected chi connectivity index (χ1v) is 12.5. The van der Waals surface area contributed by atoms with Crippen molar-refractivity contribution >= 4 is 27.3 Å². The van der Waals surface area contributed by atoms with Gasteiger partial charge in [-0.15, -0.1) is 0 Å². The molecule has 0 aliphatic heterocycles. The minimum atomic E-state index is -3.49. The van der Waals surface area contributed by atoms with Crippen molar-refractivity contribution in [2.45, 2.75) is 40.7 Å². The lowest BCUT2D eigenvalue weighted by atomic mass is 10.0. The van der Waals surface area contributed by atoms with Crippen molar-refractivity contribution in [2.75, 3.05) is 15.9 Å². The Hall–Kier alpha value is -3.12. The maximum absolute atomic E-state index is 12.8. The van der Waals surface area contributed by atoms with E-state index in [1.807, 2.05) is 57.2 Å². The highest BCUT2D eigenvalue weighted by atomic mass is 32.2. The molecule has 3 aromatic rings. The van der Waals surface area contributed by atoms with Gasteiger partial charge in [-0.25, -0.2) is 8.42 Å². The van der Waals surface area contributed by atoms with E-state index >= 15 is 0 Å². The molecular weight excluding hydrogens is 420 g/mol. The van der Waals surface area contributed by atoms with Crippen LogP contribution in [0.25, 0.3) is 0 Å². The molecule has 0 atom stereocenters. The number of sulfonamides is 1. The van der Waals surface area contributed by atoms with Gasteiger partial charge in [-0.05, 0) is 67.1 Å². The molecule has 0 aliphatic rings. The summed E-state index contributed by atoms with van der Waals surface area (Å²) in [4.78, 5) is 12.8. The van der Waals surface area contributed by atoms with E-state index in [9.17, 15) is 13.2 Å². The molecule has 32 heavy (non-hydrogen) atoms. The molecule has 0 bridgehead atoms. The highest BCUT2D eigenvalue weighted by molar-refractivity contribution is 7.92. The van der Waals surface area contributed by atoms with Gasteiger partial charge in [-0.2, -0.15) is 0 Å². The summed E-state index contributed by atoms with van der Waals surface area (Å²) >= 11 is 0. The van der Waals surface area contributed by atoms with Crippen molar-refractivity contribution in [3.8, 4) is 0 Å². The topological polar surface area (TPSA) is 66.5 Å². The van der Waals surface area contributed by atoms with Gasteiger partial charge in [0, 0.05) is 11.3 Å². The van der Waals surface area contributed by atoms with Crippen molar-refractivity contribution in [2.24, 2.45) is 0 Å². The molecule has 0 saturated heterocycles. The van der Waals surface area contributed by atoms with Crippen LogP contribution in [0.4, 0.5) is 11.4 Å². The van der Waals surface area contributed by atoms with Crippen LogP contribution in [0, 0.1) is 20.8 Å². The second-order valence-electron chi connectivity index (χ2n) is 8.12. The number of carbonyl (C=O) groups is 1. The molecule has 0 fully saturated rings. The molecule has 5 nitrogen and oxygen atoms in total. The fourth-order valence-corrected chi connectivity index (χ4v) is 4.88. The number of amides is 1. The Kier molecular flexibility index (Phi) is 7.04. The normalized spacial score (nSPS) is 11.3. The maximum atomic E-state index is 12.8. The summed E-state index contributed by atoms with van der Waals surface area (Å²) in [5.41, 5.74) is 6.79. The van der Waals surface area contributed by atoms with Crippen LogP contribution in [0.1, 0.15) is 45.1 Å². The third-order valence-corrected chi connectivity index (χ3v) is 6.72. The molecule has 1 amide bonds. The number of aryl methyl sites for hydroxylation is 4. The van der Waals surface area contributed by atoms with E-state index in [2.05, 4.69) is 12.2 Å². The third kappa shape index (κ3) is 5.19. The van der Waals surface area contributed by atoms with Crippen LogP contribution in [-0.4, -0.2) is 20.6 Å². The molecule has 3 aromatic carbocycles. The van der Waals surface area contributed by atoms with Crippen LogP contribution < -0.4 is 9.62 Å². The van der Waals surface area contributed by atoms with Crippen LogP contribution in [0.5, 0.6) is 0 Å². The van der Waals surface area contributed by atoms with Crippen LogP contribution in [0.3, 0.4) is 0 Å². The quantitative estimate of drug-likeness (QED) is 0.525. The van der Waals surface area contributed by atoms with Gasteiger partial charge >= 0.3 is 0 Å². The highest BCUT2D eigenvalue weighted by Crippen LogP contribution is 2.28. The van der Waals surface area contributed by atoms with Gasteiger partial charge < -0.3 is 5.32 Å². The molecular formula is C26H30N2O3S. The smallest absolute Gasteiger partial charge is 0.255 e. The van der Waals surface area contributed by atoms with E-state index in [0.717, 1.165) is 39.9 Å². The number of anilines is 2. The number of hydrogen-bond acceptors (Lipinski definition) is 3. The van der Waals surface area contributed by atoms with Crippen molar-refractivity contribution < 1.29 is 13.2 Å². The number of rotatable bonds is 7. The molecule has 0 aromatic heterocycles. The summed E-state index contributed by atoms with van der Waals surface area (Å²) in [6, 6.07) is 18.8. The van der Waals surface area contributed by atoms with Crippen molar-refractivity contribution in [1.82, 2.24) is 0 Å². The Bertz CT molecular complexity index is 1210. The van der Waals surface area contributed by atoms with E-state index in [1.54, 1.807) is 24.3 Å². The van der Waals surface area contributed by atoms with Crippen LogP contribution >= 0.6 is 0 Å². The fraction of sp³-hybridized carbons (Fsp3) is 0.269. The summed E-state index contributed by atoms with van der Waals surface area (Å²) in [6.07, 6.45) is 2.05. The number of para-hydroxylation sites is 2. The first-order chi connectivity index (χ1) is 15.1. The molecule has 6 heteroatoms. The van der Waals surface area contributed by atoms with Crippen molar-refractivity contribution in [3.63, 3.8) is 0 Å². The van der Waals surface area contributed by atoms with Gasteiger partial charge in [0.05, 0.1) is 18.5 Å². The minimum Gasteiger partial charge on any atom is -0.321 e. The van der Waals surface area contributed by atoms with Crippen LogP contribution in [0.15, 0.2) is 60.7 Å². The Morgan fingerprint density at radius 2 is 1.44 bits per heavy atom. The maximum Gasteiger partial charge on any atom is 0.255 e. The zero-order chi connectivity index (χ0) is 23.5. The van der Waals surface area contributed by atoms with E-state index < -0.39 is 10.0 Å². The van der Waals surface area contributed by atoms with Crippen molar-refractivity contribution in [1.29, 1.82) is 0 Å². The molecule has 0 spiro atoms. The summed E-state index contributed by atoms with van der Waals surface area (Å²) in [6.45, 7) is 8.05. The predicted molar refractivity (Wildman–Crippen MR) is 132 cm³/mol. The Morgan fingerprint density at radius 3 is 2.00 bits per heavy atom. The van der Waals surface area contributed by atoms with Crippen LogP contribution in [0.2, 0.25) is 0 Å². The predicted octanol–water partition coefficient (Wildman–Crippen LogP) is 5.39. The van der Waals surface area contributed by atoms with Gasteiger partial charge in [0.1, 0.15) is 0 Å². The molecule has 0 aliphatic carbocycles. The molecule has 0 heterocycles. The lowest BCUT2D eigenvalue weighted by Crippen LogP contribution is -2.30. The lowest BCUT2D eigenvalue weighted by Gasteiger charge is -2.26. The monoisotopic (exact) mass is 450 g/mol. The summed E-state index contributed by atoms with van der Waals surface area (Å²) in [7, 11) is -3.49. The van der Waals surface area contributed by atoms with Crippen molar-refractivity contribution in [3.05, 3.63) is 94.0 Å². The number of hydrogen-bond donors (Lipinski definition) is 1. The number of carbonyl (C=O) groups excluding carboxylic acids is 1. The molecule has 0 radical (unpaired) electrons. The zero-order valence-electron chi connectivity index (χ0n) is 19.3. The molecule has 168 valence electrons. The minimum absolute atomic E-state index is 0.185. The lowest BCUT2D eigenvalue weighted by molar-refractivity contribution is 0.102. The molecule has 0 saturated carbocycles. The zero-order valence-corrected chi connectivity index (χ0v) is 20.1. The van der Waals surface area contributed by atoms with Gasteiger partial charge in [-0.3, -0.25) is 9.10 Å². The Morgan fingerprint density at radius 1 is 0.875 bits per heavy atom. The number of nitrogens with one attached hydrogen (secondary N) is 1. The second kappa shape index (κ2) is 9.57. The standard InChI is InChI=1S/C26H30N2O3S/c1-6-22-12-8-9-18(2)24(22)27-26(29)23-15-13-21(14-16-23)17-28(32(5,30)31)25-19(3)10-7-11-20(25)4/h7-16H,6,17H2,1-5H3,(H,27,29). The number of nitrogens with zero attached hydrogens (tertiary/aromatic N) is 1. The largest absolute Gasteiger partial charge is 0.321 e. The SMILES string of the molecule is CCc1cccc(C)c1NC(=O)c1ccc(CN(c2c(C)cccc2C)S(C)(=O)=O)cc1. The molecule has 1 N–H and O–H groups in total. The van der Waals surface area contributed by atoms with E-state index in [1.165, 1.54) is 10.6 Å². The molecule has 3 rings (SSSR count). The second-order valence-corrected chi connectivity index (χ2v) is 10.0. The fourth-order valence-electron chi connectivity index (χ4n) is 3.88. The van der Waals surface area contributed by atoms with E-state index in [-0.39, 0.29) is 12.5 Å². The number of benzene rings is 3. The van der Waals surface area contributed by atoms with Gasteiger partial charge in [0.2, 0.25) is 10.0 Å². The van der Waals surface area contributed by atoms with Gasteiger partial charge in [0.15, 0.2) is 0 Å². The molecule has 0 unspecified atom stereocenters. The summed E-state index contributed by atoms with van der Waals surface area (Å²) < 4.78 is 26.6. The average Bonchev–Trinajstić information content (AvgIpc) is 2.74. The first kappa shape index (κ1) is 23.5.